The predicted octanol–water partition coefficient (Wildman–Crippen LogP) is 3.66. The summed E-state index contributed by atoms with van der Waals surface area (Å²) in [7, 11) is 0. The van der Waals surface area contributed by atoms with E-state index < -0.39 is 5.91 Å². The number of rotatable bonds is 2. The van der Waals surface area contributed by atoms with E-state index in [2.05, 4.69) is 5.32 Å². The van der Waals surface area contributed by atoms with Crippen LogP contribution >= 0.6 is 23.2 Å². The van der Waals surface area contributed by atoms with Crippen LogP contribution in [-0.4, -0.2) is 16.1 Å². The molecule has 98 valence electrons. The van der Waals surface area contributed by atoms with Gasteiger partial charge in [-0.1, -0.05) is 23.2 Å². The summed E-state index contributed by atoms with van der Waals surface area (Å²) in [5.74, 6) is -0.895. The third-order valence-corrected chi connectivity index (χ3v) is 2.72. The number of hydrogen-bond donors (Lipinski definition) is 3. The van der Waals surface area contributed by atoms with E-state index in [1.807, 2.05) is 0 Å². The van der Waals surface area contributed by atoms with E-state index >= 15 is 0 Å². The molecule has 19 heavy (non-hydrogen) atoms. The number of phenols is 2. The summed E-state index contributed by atoms with van der Waals surface area (Å²) in [5, 5.41) is 22.0. The molecule has 0 atom stereocenters. The lowest BCUT2D eigenvalue weighted by Gasteiger charge is -2.07. The molecule has 0 unspecified atom stereocenters. The minimum Gasteiger partial charge on any atom is -0.508 e. The van der Waals surface area contributed by atoms with E-state index in [1.165, 1.54) is 24.3 Å². The molecule has 6 heteroatoms. The second kappa shape index (κ2) is 5.38. The van der Waals surface area contributed by atoms with Crippen LogP contribution in [0.1, 0.15) is 10.4 Å². The monoisotopic (exact) mass is 297 g/mol. The number of benzene rings is 2. The molecule has 0 bridgehead atoms. The lowest BCUT2D eigenvalue weighted by molar-refractivity contribution is 0.102. The Morgan fingerprint density at radius 2 is 1.42 bits per heavy atom. The van der Waals surface area contributed by atoms with Crippen LogP contribution in [0.15, 0.2) is 36.4 Å². The molecule has 0 aliphatic heterocycles. The molecule has 0 radical (unpaired) electrons. The standard InChI is InChI=1S/C13H9Cl2NO3/c14-8-3-9(15)5-10(4-8)16-13(19)7-1-11(17)6-12(18)2-7/h1-6,17-18H,(H,16,19). The van der Waals surface area contributed by atoms with Crippen LogP contribution in [0.2, 0.25) is 10.0 Å². The topological polar surface area (TPSA) is 69.6 Å². The van der Waals surface area contributed by atoms with E-state index in [4.69, 9.17) is 23.2 Å². The van der Waals surface area contributed by atoms with Crippen LogP contribution in [-0.2, 0) is 0 Å². The second-order valence-electron chi connectivity index (χ2n) is 3.85. The van der Waals surface area contributed by atoms with Crippen molar-refractivity contribution in [2.45, 2.75) is 0 Å². The second-order valence-corrected chi connectivity index (χ2v) is 4.72. The fourth-order valence-corrected chi connectivity index (χ4v) is 2.08. The predicted molar refractivity (Wildman–Crippen MR) is 74.2 cm³/mol. The maximum absolute atomic E-state index is 11.9. The maximum atomic E-state index is 11.9. The van der Waals surface area contributed by atoms with Gasteiger partial charge in [-0.15, -0.1) is 0 Å². The summed E-state index contributed by atoms with van der Waals surface area (Å²) >= 11 is 11.6. The molecule has 0 saturated carbocycles. The van der Waals surface area contributed by atoms with Gasteiger partial charge < -0.3 is 15.5 Å². The van der Waals surface area contributed by atoms with Gasteiger partial charge in [-0.25, -0.2) is 0 Å². The number of amides is 1. The molecule has 3 N–H and O–H groups in total. The normalized spacial score (nSPS) is 10.2. The SMILES string of the molecule is O=C(Nc1cc(Cl)cc(Cl)c1)c1cc(O)cc(O)c1. The number of carbonyl (C=O) groups is 1. The first-order valence-electron chi connectivity index (χ1n) is 5.24. The smallest absolute Gasteiger partial charge is 0.255 e. The number of carbonyl (C=O) groups excluding carboxylic acids is 1. The van der Waals surface area contributed by atoms with Gasteiger partial charge in [0, 0.05) is 27.4 Å². The van der Waals surface area contributed by atoms with Crippen molar-refractivity contribution in [3.05, 3.63) is 52.0 Å². The van der Waals surface area contributed by atoms with Crippen LogP contribution in [0.5, 0.6) is 11.5 Å². The zero-order chi connectivity index (χ0) is 14.0. The molecule has 1 amide bonds. The van der Waals surface area contributed by atoms with Crippen molar-refractivity contribution in [3.8, 4) is 11.5 Å². The van der Waals surface area contributed by atoms with Gasteiger partial charge in [0.1, 0.15) is 11.5 Å². The summed E-state index contributed by atoms with van der Waals surface area (Å²) in [6.45, 7) is 0. The highest BCUT2D eigenvalue weighted by atomic mass is 35.5. The Balaban J connectivity index is 2.25. The van der Waals surface area contributed by atoms with Gasteiger partial charge in [0.05, 0.1) is 0 Å². The largest absolute Gasteiger partial charge is 0.508 e. The molecule has 0 aliphatic carbocycles. The highest BCUT2D eigenvalue weighted by molar-refractivity contribution is 6.35. The molecule has 4 nitrogen and oxygen atoms in total. The Kier molecular flexibility index (Phi) is 3.83. The van der Waals surface area contributed by atoms with Gasteiger partial charge in [-0.05, 0) is 30.3 Å². The molecule has 0 heterocycles. The number of halogens is 2. The first kappa shape index (κ1) is 13.5. The van der Waals surface area contributed by atoms with E-state index in [9.17, 15) is 15.0 Å². The number of nitrogens with one attached hydrogen (secondary N) is 1. The molecule has 0 fully saturated rings. The molecule has 2 aromatic rings. The van der Waals surface area contributed by atoms with Crippen LogP contribution in [0.25, 0.3) is 0 Å². The van der Waals surface area contributed by atoms with Crippen LogP contribution in [0.4, 0.5) is 5.69 Å². The minimum absolute atomic E-state index is 0.119. The van der Waals surface area contributed by atoms with E-state index in [0.717, 1.165) is 6.07 Å². The molecular formula is C13H9Cl2NO3. The van der Waals surface area contributed by atoms with Gasteiger partial charge in [0.2, 0.25) is 0 Å². The average molecular weight is 298 g/mol. The summed E-state index contributed by atoms with van der Waals surface area (Å²) in [4.78, 5) is 11.9. The highest BCUT2D eigenvalue weighted by Crippen LogP contribution is 2.24. The van der Waals surface area contributed by atoms with Gasteiger partial charge in [-0.3, -0.25) is 4.79 Å². The third kappa shape index (κ3) is 3.53. The van der Waals surface area contributed by atoms with Crippen molar-refractivity contribution in [1.82, 2.24) is 0 Å². The Morgan fingerprint density at radius 1 is 0.895 bits per heavy atom. The number of hydrogen-bond acceptors (Lipinski definition) is 3. The quantitative estimate of drug-likeness (QED) is 0.792. The summed E-state index contributed by atoms with van der Waals surface area (Å²) in [6.07, 6.45) is 0. The first-order chi connectivity index (χ1) is 8.94. The number of anilines is 1. The molecule has 2 aromatic carbocycles. The van der Waals surface area contributed by atoms with Crippen molar-refractivity contribution >= 4 is 34.8 Å². The average Bonchev–Trinajstić information content (AvgIpc) is 2.25. The Labute approximate surface area is 119 Å². The van der Waals surface area contributed by atoms with Crippen molar-refractivity contribution < 1.29 is 15.0 Å². The van der Waals surface area contributed by atoms with Crippen LogP contribution in [0.3, 0.4) is 0 Å². The Morgan fingerprint density at radius 3 is 1.95 bits per heavy atom. The fourth-order valence-electron chi connectivity index (χ4n) is 1.56. The molecular weight excluding hydrogens is 289 g/mol. The van der Waals surface area contributed by atoms with Crippen molar-refractivity contribution in [2.75, 3.05) is 5.32 Å². The maximum Gasteiger partial charge on any atom is 0.255 e. The zero-order valence-corrected chi connectivity index (χ0v) is 11.0. The number of aromatic hydroxyl groups is 2. The van der Waals surface area contributed by atoms with Crippen molar-refractivity contribution in [3.63, 3.8) is 0 Å². The molecule has 0 aromatic heterocycles. The molecule has 0 spiro atoms. The minimum atomic E-state index is -0.496. The first-order valence-corrected chi connectivity index (χ1v) is 6.00. The van der Waals surface area contributed by atoms with Gasteiger partial charge in [0.15, 0.2) is 0 Å². The molecule has 0 saturated heterocycles. The van der Waals surface area contributed by atoms with Crippen molar-refractivity contribution in [1.29, 1.82) is 0 Å². The third-order valence-electron chi connectivity index (χ3n) is 2.29. The lowest BCUT2D eigenvalue weighted by Crippen LogP contribution is -2.11. The molecule has 2 rings (SSSR count). The highest BCUT2D eigenvalue weighted by Gasteiger charge is 2.09. The van der Waals surface area contributed by atoms with Crippen molar-refractivity contribution in [2.24, 2.45) is 0 Å². The van der Waals surface area contributed by atoms with E-state index in [1.54, 1.807) is 6.07 Å². The Hall–Kier alpha value is -1.91. The summed E-state index contributed by atoms with van der Waals surface area (Å²) in [5.41, 5.74) is 0.541. The van der Waals surface area contributed by atoms with Gasteiger partial charge in [0.25, 0.3) is 5.91 Å². The van der Waals surface area contributed by atoms with E-state index in [0.29, 0.717) is 15.7 Å². The Bertz CT molecular complexity index is 603. The summed E-state index contributed by atoms with van der Waals surface area (Å²) in [6, 6.07) is 8.22. The lowest BCUT2D eigenvalue weighted by atomic mass is 10.2. The van der Waals surface area contributed by atoms with E-state index in [-0.39, 0.29) is 17.1 Å². The number of phenolic OH excluding ortho intramolecular Hbond substituents is 2. The van der Waals surface area contributed by atoms with Gasteiger partial charge in [-0.2, -0.15) is 0 Å². The molecule has 0 aliphatic rings. The van der Waals surface area contributed by atoms with Crippen LogP contribution < -0.4 is 5.32 Å². The summed E-state index contributed by atoms with van der Waals surface area (Å²) < 4.78 is 0. The fraction of sp³-hybridized carbons (Fsp3) is 0. The van der Waals surface area contributed by atoms with Crippen LogP contribution in [0, 0.1) is 0 Å². The van der Waals surface area contributed by atoms with Gasteiger partial charge >= 0.3 is 0 Å². The zero-order valence-electron chi connectivity index (χ0n) is 9.52.